The molecule has 2 fully saturated rings. The molecule has 1 saturated heterocycles. The molecule has 5 heteroatoms. The molecule has 0 amide bonds. The highest BCUT2D eigenvalue weighted by Crippen LogP contribution is 2.43. The summed E-state index contributed by atoms with van der Waals surface area (Å²) in [6.07, 6.45) is 5.56. The Hall–Kier alpha value is -1.75. The van der Waals surface area contributed by atoms with Crippen LogP contribution in [-0.4, -0.2) is 31.3 Å². The monoisotopic (exact) mass is 290 g/mol. The zero-order valence-corrected chi connectivity index (χ0v) is 12.4. The lowest BCUT2D eigenvalue weighted by Gasteiger charge is -2.46. The summed E-state index contributed by atoms with van der Waals surface area (Å²) in [6, 6.07) is 5.37. The summed E-state index contributed by atoms with van der Waals surface area (Å²) in [7, 11) is 1.60. The number of methoxy groups -OCH3 is 1. The van der Waals surface area contributed by atoms with E-state index < -0.39 is 0 Å². The summed E-state index contributed by atoms with van der Waals surface area (Å²) >= 11 is 0. The van der Waals surface area contributed by atoms with E-state index in [1.54, 1.807) is 19.2 Å². The topological polar surface area (TPSA) is 77.6 Å². The molecule has 0 radical (unpaired) electrons. The van der Waals surface area contributed by atoms with Crippen molar-refractivity contribution in [1.29, 1.82) is 5.41 Å². The van der Waals surface area contributed by atoms with Crippen molar-refractivity contribution in [3.05, 3.63) is 23.8 Å². The first-order valence-electron chi connectivity index (χ1n) is 7.45. The first-order chi connectivity index (χ1) is 10.1. The van der Waals surface area contributed by atoms with Crippen LogP contribution in [0.3, 0.4) is 0 Å². The van der Waals surface area contributed by atoms with Crippen LogP contribution in [0.1, 0.15) is 37.7 Å². The highest BCUT2D eigenvalue weighted by Gasteiger charge is 2.43. The Bertz CT molecular complexity index is 540. The van der Waals surface area contributed by atoms with Gasteiger partial charge in [0.05, 0.1) is 19.3 Å². The third-order valence-corrected chi connectivity index (χ3v) is 4.48. The summed E-state index contributed by atoms with van der Waals surface area (Å²) in [6.45, 7) is 0.762. The van der Waals surface area contributed by atoms with Gasteiger partial charge in [0, 0.05) is 18.4 Å². The molecule has 3 rings (SSSR count). The van der Waals surface area contributed by atoms with Crippen molar-refractivity contribution in [2.75, 3.05) is 13.7 Å². The molecule has 1 saturated carbocycles. The molecule has 21 heavy (non-hydrogen) atoms. The van der Waals surface area contributed by atoms with Gasteiger partial charge in [-0.1, -0.05) is 0 Å². The normalized spacial score (nSPS) is 23.4. The number of benzene rings is 1. The van der Waals surface area contributed by atoms with E-state index in [1.807, 2.05) is 6.07 Å². The lowest BCUT2D eigenvalue weighted by Crippen LogP contribution is -2.48. The lowest BCUT2D eigenvalue weighted by atomic mass is 9.74. The molecule has 2 aliphatic rings. The van der Waals surface area contributed by atoms with Crippen LogP contribution in [0.4, 0.5) is 0 Å². The zero-order chi connectivity index (χ0) is 14.9. The molecule has 1 unspecified atom stereocenters. The number of amidine groups is 1. The molecule has 114 valence electrons. The predicted molar refractivity (Wildman–Crippen MR) is 80.2 cm³/mol. The van der Waals surface area contributed by atoms with Gasteiger partial charge in [-0.05, 0) is 37.5 Å². The summed E-state index contributed by atoms with van der Waals surface area (Å²) in [5.41, 5.74) is 6.21. The van der Waals surface area contributed by atoms with Gasteiger partial charge < -0.3 is 19.9 Å². The zero-order valence-electron chi connectivity index (χ0n) is 12.4. The number of hydrogen-bond donors (Lipinski definition) is 2. The van der Waals surface area contributed by atoms with Crippen molar-refractivity contribution in [3.8, 4) is 11.5 Å². The quantitative estimate of drug-likeness (QED) is 0.659. The predicted octanol–water partition coefficient (Wildman–Crippen LogP) is 2.46. The van der Waals surface area contributed by atoms with Crippen LogP contribution in [0.25, 0.3) is 0 Å². The molecule has 1 aromatic rings. The number of ether oxygens (including phenoxy) is 3. The number of hydrogen-bond acceptors (Lipinski definition) is 4. The van der Waals surface area contributed by atoms with Crippen LogP contribution in [-0.2, 0) is 4.74 Å². The van der Waals surface area contributed by atoms with E-state index >= 15 is 0 Å². The summed E-state index contributed by atoms with van der Waals surface area (Å²) in [5.74, 6) is 1.36. The minimum atomic E-state index is 0.0272. The van der Waals surface area contributed by atoms with Crippen LogP contribution in [0.15, 0.2) is 18.2 Å². The van der Waals surface area contributed by atoms with Crippen LogP contribution in [0.2, 0.25) is 0 Å². The standard InChI is InChI=1S/C16H22N2O3/c1-19-14-9-11(15(17)18)3-4-13(14)21-12-5-8-20-16(10-12)6-2-7-16/h3-4,9,12H,2,5-8,10H2,1H3,(H3,17,18). The fourth-order valence-electron chi connectivity index (χ4n) is 3.11. The van der Waals surface area contributed by atoms with E-state index in [4.69, 9.17) is 25.4 Å². The van der Waals surface area contributed by atoms with E-state index in [0.29, 0.717) is 17.1 Å². The van der Waals surface area contributed by atoms with Crippen molar-refractivity contribution in [3.63, 3.8) is 0 Å². The van der Waals surface area contributed by atoms with E-state index in [1.165, 1.54) is 6.42 Å². The molecular weight excluding hydrogens is 268 g/mol. The van der Waals surface area contributed by atoms with Crippen molar-refractivity contribution in [2.45, 2.75) is 43.8 Å². The fourth-order valence-corrected chi connectivity index (χ4v) is 3.11. The van der Waals surface area contributed by atoms with Crippen LogP contribution in [0.5, 0.6) is 11.5 Å². The maximum absolute atomic E-state index is 7.48. The maximum Gasteiger partial charge on any atom is 0.161 e. The largest absolute Gasteiger partial charge is 0.493 e. The van der Waals surface area contributed by atoms with E-state index in [0.717, 1.165) is 32.3 Å². The Balaban J connectivity index is 1.73. The minimum Gasteiger partial charge on any atom is -0.493 e. The molecule has 5 nitrogen and oxygen atoms in total. The Kier molecular flexibility index (Phi) is 3.76. The molecule has 3 N–H and O–H groups in total. The second-order valence-electron chi connectivity index (χ2n) is 5.90. The van der Waals surface area contributed by atoms with Crippen LogP contribution in [0, 0.1) is 5.41 Å². The highest BCUT2D eigenvalue weighted by molar-refractivity contribution is 5.95. The van der Waals surface area contributed by atoms with E-state index in [9.17, 15) is 0 Å². The second kappa shape index (κ2) is 5.56. The average molecular weight is 290 g/mol. The van der Waals surface area contributed by atoms with Crippen LogP contribution < -0.4 is 15.2 Å². The molecule has 1 heterocycles. The van der Waals surface area contributed by atoms with Gasteiger partial charge in [0.2, 0.25) is 0 Å². The first-order valence-corrected chi connectivity index (χ1v) is 7.45. The third kappa shape index (κ3) is 2.83. The van der Waals surface area contributed by atoms with E-state index in [-0.39, 0.29) is 17.5 Å². The van der Waals surface area contributed by atoms with Gasteiger partial charge in [-0.3, -0.25) is 5.41 Å². The second-order valence-corrected chi connectivity index (χ2v) is 5.90. The molecular formula is C16H22N2O3. The lowest BCUT2D eigenvalue weighted by molar-refractivity contribution is -0.153. The molecule has 1 aromatic carbocycles. The Morgan fingerprint density at radius 3 is 2.81 bits per heavy atom. The molecule has 0 bridgehead atoms. The van der Waals surface area contributed by atoms with Gasteiger partial charge in [-0.25, -0.2) is 0 Å². The number of rotatable bonds is 4. The van der Waals surface area contributed by atoms with Gasteiger partial charge >= 0.3 is 0 Å². The number of nitrogens with two attached hydrogens (primary N) is 1. The highest BCUT2D eigenvalue weighted by atomic mass is 16.5. The van der Waals surface area contributed by atoms with Gasteiger partial charge in [0.25, 0.3) is 0 Å². The van der Waals surface area contributed by atoms with Gasteiger partial charge in [-0.2, -0.15) is 0 Å². The summed E-state index contributed by atoms with van der Waals surface area (Å²) in [4.78, 5) is 0. The number of nitrogen functional groups attached to an aromatic ring is 1. The molecule has 0 aromatic heterocycles. The fraction of sp³-hybridized carbons (Fsp3) is 0.562. The molecule has 1 spiro atoms. The minimum absolute atomic E-state index is 0.0272. The Morgan fingerprint density at radius 1 is 1.38 bits per heavy atom. The van der Waals surface area contributed by atoms with Crippen LogP contribution >= 0.6 is 0 Å². The maximum atomic E-state index is 7.48. The smallest absolute Gasteiger partial charge is 0.161 e. The SMILES string of the molecule is COc1cc(C(=N)N)ccc1OC1CCOC2(CCC2)C1. The van der Waals surface area contributed by atoms with Crippen molar-refractivity contribution < 1.29 is 14.2 Å². The van der Waals surface area contributed by atoms with Crippen molar-refractivity contribution in [2.24, 2.45) is 5.73 Å². The molecule has 1 aliphatic carbocycles. The van der Waals surface area contributed by atoms with Gasteiger partial charge in [-0.15, -0.1) is 0 Å². The average Bonchev–Trinajstić information content (AvgIpc) is 2.46. The first kappa shape index (κ1) is 14.2. The van der Waals surface area contributed by atoms with Crippen molar-refractivity contribution >= 4 is 5.84 Å². The third-order valence-electron chi connectivity index (χ3n) is 4.48. The Morgan fingerprint density at radius 2 is 2.19 bits per heavy atom. The van der Waals surface area contributed by atoms with Gasteiger partial charge in [0.1, 0.15) is 11.9 Å². The molecule has 1 aliphatic heterocycles. The Labute approximate surface area is 124 Å². The summed E-state index contributed by atoms with van der Waals surface area (Å²) in [5, 5.41) is 7.48. The van der Waals surface area contributed by atoms with Crippen molar-refractivity contribution in [1.82, 2.24) is 0 Å². The van der Waals surface area contributed by atoms with E-state index in [2.05, 4.69) is 0 Å². The summed E-state index contributed by atoms with van der Waals surface area (Å²) < 4.78 is 17.4. The van der Waals surface area contributed by atoms with Gasteiger partial charge in [0.15, 0.2) is 11.5 Å². The molecule has 1 atom stereocenters. The number of nitrogens with one attached hydrogen (secondary N) is 1.